The molecule has 0 bridgehead atoms. The topological polar surface area (TPSA) is 77.4 Å². The van der Waals surface area contributed by atoms with E-state index in [0.717, 1.165) is 10.3 Å². The van der Waals surface area contributed by atoms with Crippen LogP contribution in [0, 0.1) is 12.3 Å². The summed E-state index contributed by atoms with van der Waals surface area (Å²) in [6, 6.07) is 7.33. The second-order valence-corrected chi connectivity index (χ2v) is 9.52. The van der Waals surface area contributed by atoms with Crippen LogP contribution in [0.25, 0.3) is 31.8 Å². The number of aromatic nitrogens is 3. The molecule has 0 spiro atoms. The molecule has 0 fully saturated rings. The molecule has 2 aromatic carbocycles. The summed E-state index contributed by atoms with van der Waals surface area (Å²) in [5.74, 6) is 0.617. The van der Waals surface area contributed by atoms with E-state index in [-0.39, 0.29) is 5.69 Å². The van der Waals surface area contributed by atoms with E-state index in [1.54, 1.807) is 19.2 Å². The SMILES string of the molecule is [2H]C([2H])([2H])OC([2H])([2H])c1cnc2c(-c3nc4c(C(O)C(C)(C)C)cc(OC)cc4s3)cc(C)cc2n1. The summed E-state index contributed by atoms with van der Waals surface area (Å²) < 4.78 is 48.7. The van der Waals surface area contributed by atoms with Crippen molar-refractivity contribution >= 4 is 32.6 Å². The van der Waals surface area contributed by atoms with E-state index in [9.17, 15) is 5.11 Å². The van der Waals surface area contributed by atoms with Gasteiger partial charge in [0.2, 0.25) is 0 Å². The van der Waals surface area contributed by atoms with Crippen LogP contribution in [0.1, 0.15) is 50.5 Å². The molecule has 1 N–H and O–H groups in total. The van der Waals surface area contributed by atoms with Gasteiger partial charge in [-0.15, -0.1) is 11.3 Å². The minimum atomic E-state index is -2.94. The largest absolute Gasteiger partial charge is 0.497 e. The van der Waals surface area contributed by atoms with Gasteiger partial charge in [0, 0.05) is 18.2 Å². The first kappa shape index (κ1) is 16.1. The molecule has 0 aliphatic rings. The highest BCUT2D eigenvalue weighted by molar-refractivity contribution is 7.21. The van der Waals surface area contributed by atoms with E-state index in [0.29, 0.717) is 38.4 Å². The monoisotopic (exact) mass is 442 g/mol. The highest BCUT2D eigenvalue weighted by Crippen LogP contribution is 2.42. The maximum atomic E-state index is 11.1. The van der Waals surface area contributed by atoms with Crippen molar-refractivity contribution < 1.29 is 21.4 Å². The molecular formula is C24H27N3O3S. The molecule has 162 valence electrons. The average molecular weight is 443 g/mol. The number of benzene rings is 2. The predicted octanol–water partition coefficient (Wildman–Crippen LogP) is 5.45. The lowest BCUT2D eigenvalue weighted by atomic mass is 9.84. The van der Waals surface area contributed by atoms with Gasteiger partial charge >= 0.3 is 0 Å². The van der Waals surface area contributed by atoms with E-state index in [2.05, 4.69) is 14.7 Å². The van der Waals surface area contributed by atoms with Crippen LogP contribution in [0.15, 0.2) is 30.5 Å². The Morgan fingerprint density at radius 2 is 2.00 bits per heavy atom. The number of thiazole rings is 1. The molecule has 4 rings (SSSR count). The van der Waals surface area contributed by atoms with Crippen molar-refractivity contribution in [1.82, 2.24) is 15.0 Å². The van der Waals surface area contributed by atoms with E-state index < -0.39 is 25.1 Å². The summed E-state index contributed by atoms with van der Waals surface area (Å²) in [5, 5.41) is 11.7. The van der Waals surface area contributed by atoms with Crippen molar-refractivity contribution in [2.45, 2.75) is 40.4 Å². The molecule has 7 heteroatoms. The number of aryl methyl sites for hydroxylation is 1. The normalized spacial score (nSPS) is 16.4. The molecule has 6 nitrogen and oxygen atoms in total. The molecule has 4 aromatic rings. The van der Waals surface area contributed by atoms with Gasteiger partial charge in [-0.2, -0.15) is 0 Å². The number of nitrogens with zero attached hydrogens (tertiary/aromatic N) is 3. The van der Waals surface area contributed by atoms with Crippen LogP contribution < -0.4 is 4.74 Å². The lowest BCUT2D eigenvalue weighted by Gasteiger charge is -2.26. The second kappa shape index (κ2) is 8.15. The fraction of sp³-hybridized carbons (Fsp3) is 0.375. The Morgan fingerprint density at radius 1 is 1.19 bits per heavy atom. The number of hydrogen-bond acceptors (Lipinski definition) is 7. The van der Waals surface area contributed by atoms with Gasteiger partial charge < -0.3 is 14.6 Å². The maximum Gasteiger partial charge on any atom is 0.126 e. The zero-order chi connectivity index (χ0) is 26.6. The van der Waals surface area contributed by atoms with Gasteiger partial charge in [-0.25, -0.2) is 9.97 Å². The zero-order valence-electron chi connectivity index (χ0n) is 23.0. The van der Waals surface area contributed by atoms with E-state index >= 15 is 0 Å². The molecular weight excluding hydrogens is 410 g/mol. The minimum absolute atomic E-state index is 0.243. The molecule has 0 saturated heterocycles. The Morgan fingerprint density at radius 3 is 2.71 bits per heavy atom. The molecule has 31 heavy (non-hydrogen) atoms. The van der Waals surface area contributed by atoms with Gasteiger partial charge in [0.1, 0.15) is 10.8 Å². The molecule has 0 radical (unpaired) electrons. The van der Waals surface area contributed by atoms with Crippen LogP contribution in [0.3, 0.4) is 0 Å². The van der Waals surface area contributed by atoms with Gasteiger partial charge in [0.25, 0.3) is 0 Å². The van der Waals surface area contributed by atoms with E-state index in [4.69, 9.17) is 16.6 Å². The molecule has 1 unspecified atom stereocenters. The quantitative estimate of drug-likeness (QED) is 0.443. The standard InChI is InChI=1S/C24H27N3O3S/c1-13-7-17(20-18(8-13)26-14(11-25-20)12-29-5)23-27-21-16(22(28)24(2,3)4)9-15(30-6)10-19(21)31-23/h7-11,22,28H,12H2,1-6H3/i5D3,12D2. The summed E-state index contributed by atoms with van der Waals surface area (Å²) in [4.78, 5) is 13.6. The number of methoxy groups -OCH3 is 2. The van der Waals surface area contributed by atoms with Gasteiger partial charge in [0.05, 0.1) is 59.8 Å². The number of rotatable bonds is 5. The second-order valence-electron chi connectivity index (χ2n) is 8.49. The maximum absolute atomic E-state index is 11.1. The number of aliphatic hydroxyl groups excluding tert-OH is 1. The van der Waals surface area contributed by atoms with Gasteiger partial charge in [-0.1, -0.05) is 20.8 Å². The van der Waals surface area contributed by atoms with Crippen molar-refractivity contribution in [2.75, 3.05) is 14.1 Å². The number of fused-ring (bicyclic) bond motifs is 2. The number of hydrogen-bond donors (Lipinski definition) is 1. The third-order valence-electron chi connectivity index (χ3n) is 5.03. The summed E-state index contributed by atoms with van der Waals surface area (Å²) in [5.41, 5.74) is 3.07. The summed E-state index contributed by atoms with van der Waals surface area (Å²) in [6.45, 7) is 5.07. The van der Waals surface area contributed by atoms with Gasteiger partial charge in [0.15, 0.2) is 0 Å². The van der Waals surface area contributed by atoms with Crippen LogP contribution in [-0.2, 0) is 11.3 Å². The Bertz CT molecular complexity index is 1450. The molecule has 2 aromatic heterocycles. The molecule has 0 amide bonds. The summed E-state index contributed by atoms with van der Waals surface area (Å²) in [6.07, 6.45) is 0.403. The Labute approximate surface area is 192 Å². The predicted molar refractivity (Wildman–Crippen MR) is 125 cm³/mol. The highest BCUT2D eigenvalue weighted by Gasteiger charge is 2.28. The van der Waals surface area contributed by atoms with Crippen LogP contribution in [0.4, 0.5) is 0 Å². The first-order valence-corrected chi connectivity index (χ1v) is 10.6. The molecule has 0 aliphatic carbocycles. The van der Waals surface area contributed by atoms with Crippen LogP contribution in [0.2, 0.25) is 0 Å². The van der Waals surface area contributed by atoms with E-state index in [1.165, 1.54) is 17.5 Å². The van der Waals surface area contributed by atoms with Crippen molar-refractivity contribution in [3.05, 3.63) is 47.3 Å². The third kappa shape index (κ3) is 4.13. The summed E-state index contributed by atoms with van der Waals surface area (Å²) >= 11 is 1.42. The molecule has 1 atom stereocenters. The first-order chi connectivity index (χ1) is 16.6. The number of ether oxygens (including phenoxy) is 2. The number of aliphatic hydroxyl groups is 1. The molecule has 0 aliphatic heterocycles. The van der Waals surface area contributed by atoms with Gasteiger partial charge in [-0.05, 0) is 42.2 Å². The van der Waals surface area contributed by atoms with Crippen LogP contribution in [0.5, 0.6) is 5.75 Å². The third-order valence-corrected chi connectivity index (χ3v) is 6.06. The summed E-state index contributed by atoms with van der Waals surface area (Å²) in [7, 11) is -1.36. The van der Waals surface area contributed by atoms with Crippen molar-refractivity contribution in [2.24, 2.45) is 5.41 Å². The minimum Gasteiger partial charge on any atom is -0.497 e. The fourth-order valence-corrected chi connectivity index (χ4v) is 4.51. The molecule has 0 saturated carbocycles. The fourth-order valence-electron chi connectivity index (χ4n) is 3.47. The average Bonchev–Trinajstić information content (AvgIpc) is 3.18. The molecule has 2 heterocycles. The zero-order valence-corrected chi connectivity index (χ0v) is 18.8. The highest BCUT2D eigenvalue weighted by atomic mass is 32.1. The smallest absolute Gasteiger partial charge is 0.126 e. The van der Waals surface area contributed by atoms with Gasteiger partial charge in [-0.3, -0.25) is 4.98 Å². The lowest BCUT2D eigenvalue weighted by Crippen LogP contribution is -2.18. The van der Waals surface area contributed by atoms with Crippen molar-refractivity contribution in [3.8, 4) is 16.3 Å². The van der Waals surface area contributed by atoms with Crippen molar-refractivity contribution in [1.29, 1.82) is 0 Å². The van der Waals surface area contributed by atoms with E-state index in [1.807, 2.05) is 39.8 Å². The van der Waals surface area contributed by atoms with Crippen LogP contribution >= 0.6 is 11.3 Å². The van der Waals surface area contributed by atoms with Crippen LogP contribution in [-0.4, -0.2) is 34.2 Å². The Hall–Kier alpha value is -2.61. The Balaban J connectivity index is 1.89. The Kier molecular flexibility index (Phi) is 4.23. The first-order valence-electron chi connectivity index (χ1n) is 12.2. The lowest BCUT2D eigenvalue weighted by molar-refractivity contribution is 0.0636. The van der Waals surface area contributed by atoms with Crippen molar-refractivity contribution in [3.63, 3.8) is 0 Å².